The van der Waals surface area contributed by atoms with Crippen LogP contribution in [0.15, 0.2) is 29.4 Å². The number of guanidine groups is 1. The van der Waals surface area contributed by atoms with Crippen molar-refractivity contribution < 1.29 is 9.47 Å². The molecule has 1 atom stereocenters. The molecule has 2 N–H and O–H groups in total. The summed E-state index contributed by atoms with van der Waals surface area (Å²) in [4.78, 5) is 4.77. The molecule has 0 saturated heterocycles. The Morgan fingerprint density at radius 3 is 2.93 bits per heavy atom. The summed E-state index contributed by atoms with van der Waals surface area (Å²) < 4.78 is 12.9. The number of ether oxygens (including phenoxy) is 2. The first kappa shape index (κ1) is 21.7. The van der Waals surface area contributed by atoms with Gasteiger partial charge in [-0.25, -0.2) is 4.99 Å². The van der Waals surface area contributed by atoms with Gasteiger partial charge in [0.1, 0.15) is 0 Å². The third-order valence-corrected chi connectivity index (χ3v) is 5.17. The van der Waals surface area contributed by atoms with Crippen LogP contribution in [0.2, 0.25) is 0 Å². The quantitative estimate of drug-likeness (QED) is 0.366. The van der Waals surface area contributed by atoms with Crippen LogP contribution in [0.3, 0.4) is 0 Å². The van der Waals surface area contributed by atoms with Crippen molar-refractivity contribution in [3.63, 3.8) is 0 Å². The fourth-order valence-corrected chi connectivity index (χ4v) is 3.62. The van der Waals surface area contributed by atoms with Crippen LogP contribution >= 0.6 is 24.0 Å². The van der Waals surface area contributed by atoms with Crippen LogP contribution in [-0.2, 0) is 19.4 Å². The van der Waals surface area contributed by atoms with Crippen LogP contribution in [0.4, 0.5) is 0 Å². The number of hydrogen-bond donors (Lipinski definition) is 2. The van der Waals surface area contributed by atoms with Gasteiger partial charge in [0.05, 0.1) is 12.2 Å². The molecule has 1 aromatic heterocycles. The van der Waals surface area contributed by atoms with E-state index in [0.29, 0.717) is 25.4 Å². The van der Waals surface area contributed by atoms with E-state index in [0.717, 1.165) is 48.8 Å². The molecule has 1 unspecified atom stereocenters. The Kier molecular flexibility index (Phi) is 7.26. The van der Waals surface area contributed by atoms with E-state index in [4.69, 9.17) is 19.6 Å². The molecule has 8 heteroatoms. The van der Waals surface area contributed by atoms with E-state index in [1.165, 1.54) is 11.3 Å². The van der Waals surface area contributed by atoms with Crippen LogP contribution in [0.5, 0.6) is 11.5 Å². The van der Waals surface area contributed by atoms with E-state index in [1.54, 1.807) is 0 Å². The SMILES string of the molecule is CCNC(=NCc1ccc2c(c1)OCO2)NC1CCc2cn(C(C)C)nc2C1.I. The number of aliphatic imine (C=N–C) groups is 1. The van der Waals surface area contributed by atoms with Gasteiger partial charge < -0.3 is 20.1 Å². The lowest BCUT2D eigenvalue weighted by Gasteiger charge is -2.24. The molecule has 0 saturated carbocycles. The van der Waals surface area contributed by atoms with Gasteiger partial charge in [-0.05, 0) is 56.9 Å². The first-order chi connectivity index (χ1) is 13.6. The summed E-state index contributed by atoms with van der Waals surface area (Å²) in [6.45, 7) is 8.13. The molecule has 158 valence electrons. The van der Waals surface area contributed by atoms with E-state index < -0.39 is 0 Å². The van der Waals surface area contributed by atoms with Gasteiger partial charge in [-0.2, -0.15) is 5.10 Å². The summed E-state index contributed by atoms with van der Waals surface area (Å²) in [5, 5.41) is 11.7. The van der Waals surface area contributed by atoms with Crippen molar-refractivity contribution in [2.45, 2.75) is 58.7 Å². The van der Waals surface area contributed by atoms with E-state index in [2.05, 4.69) is 42.3 Å². The highest BCUT2D eigenvalue weighted by Crippen LogP contribution is 2.32. The molecule has 0 spiro atoms. The number of aryl methyl sites for hydroxylation is 1. The molecule has 7 nitrogen and oxygen atoms in total. The van der Waals surface area contributed by atoms with Crippen LogP contribution < -0.4 is 20.1 Å². The van der Waals surface area contributed by atoms with Gasteiger partial charge in [0.2, 0.25) is 6.79 Å². The summed E-state index contributed by atoms with van der Waals surface area (Å²) in [6.07, 6.45) is 5.28. The zero-order chi connectivity index (χ0) is 19.5. The Morgan fingerprint density at radius 1 is 1.31 bits per heavy atom. The molecule has 4 rings (SSSR count). The first-order valence-electron chi connectivity index (χ1n) is 10.1. The maximum Gasteiger partial charge on any atom is 0.231 e. The van der Waals surface area contributed by atoms with Crippen LogP contribution in [0, 0.1) is 0 Å². The van der Waals surface area contributed by atoms with Crippen molar-refractivity contribution in [3.8, 4) is 11.5 Å². The summed E-state index contributed by atoms with van der Waals surface area (Å²) in [5.74, 6) is 2.44. The molecule has 1 aromatic carbocycles. The van der Waals surface area contributed by atoms with Crippen LogP contribution in [0.1, 0.15) is 50.1 Å². The fourth-order valence-electron chi connectivity index (χ4n) is 3.62. The Bertz CT molecular complexity index is 865. The number of nitrogens with zero attached hydrogens (tertiary/aromatic N) is 3. The lowest BCUT2D eigenvalue weighted by Crippen LogP contribution is -2.45. The second-order valence-electron chi connectivity index (χ2n) is 7.64. The molecular formula is C21H30IN5O2. The van der Waals surface area contributed by atoms with Crippen molar-refractivity contribution in [2.75, 3.05) is 13.3 Å². The largest absolute Gasteiger partial charge is 0.454 e. The zero-order valence-corrected chi connectivity index (χ0v) is 19.6. The second kappa shape index (κ2) is 9.69. The highest BCUT2D eigenvalue weighted by atomic mass is 127. The number of rotatable bonds is 5. The summed E-state index contributed by atoms with van der Waals surface area (Å²) in [6, 6.07) is 6.73. The van der Waals surface area contributed by atoms with Crippen molar-refractivity contribution in [2.24, 2.45) is 4.99 Å². The topological polar surface area (TPSA) is 72.7 Å². The van der Waals surface area contributed by atoms with Gasteiger partial charge in [0, 0.05) is 31.2 Å². The number of hydrogen-bond acceptors (Lipinski definition) is 4. The number of aromatic nitrogens is 2. The highest BCUT2D eigenvalue weighted by molar-refractivity contribution is 14.0. The molecule has 1 aliphatic carbocycles. The normalized spacial score (nSPS) is 17.7. The minimum atomic E-state index is 0. The Labute approximate surface area is 189 Å². The predicted molar refractivity (Wildman–Crippen MR) is 124 cm³/mol. The van der Waals surface area contributed by atoms with Gasteiger partial charge in [0.25, 0.3) is 0 Å². The van der Waals surface area contributed by atoms with Gasteiger partial charge in [-0.15, -0.1) is 24.0 Å². The number of nitrogens with one attached hydrogen (secondary N) is 2. The molecule has 0 bridgehead atoms. The third-order valence-electron chi connectivity index (χ3n) is 5.17. The molecule has 29 heavy (non-hydrogen) atoms. The lowest BCUT2D eigenvalue weighted by molar-refractivity contribution is 0.174. The molecule has 2 aliphatic rings. The van der Waals surface area contributed by atoms with Gasteiger partial charge in [-0.1, -0.05) is 6.07 Å². The predicted octanol–water partition coefficient (Wildman–Crippen LogP) is 3.42. The highest BCUT2D eigenvalue weighted by Gasteiger charge is 2.23. The minimum Gasteiger partial charge on any atom is -0.454 e. The van der Waals surface area contributed by atoms with E-state index >= 15 is 0 Å². The van der Waals surface area contributed by atoms with E-state index in [9.17, 15) is 0 Å². The second-order valence-corrected chi connectivity index (χ2v) is 7.64. The van der Waals surface area contributed by atoms with E-state index in [-0.39, 0.29) is 24.0 Å². The van der Waals surface area contributed by atoms with Crippen molar-refractivity contribution in [1.29, 1.82) is 0 Å². The smallest absolute Gasteiger partial charge is 0.231 e. The van der Waals surface area contributed by atoms with E-state index in [1.807, 2.05) is 18.2 Å². The Balaban J connectivity index is 0.00000240. The first-order valence-corrected chi connectivity index (χ1v) is 10.1. The molecule has 0 fully saturated rings. The van der Waals surface area contributed by atoms with Crippen molar-refractivity contribution in [1.82, 2.24) is 20.4 Å². The van der Waals surface area contributed by atoms with Gasteiger partial charge >= 0.3 is 0 Å². The lowest BCUT2D eigenvalue weighted by atomic mass is 9.94. The van der Waals surface area contributed by atoms with Crippen molar-refractivity contribution in [3.05, 3.63) is 41.2 Å². The average molecular weight is 511 g/mol. The number of halogens is 1. The average Bonchev–Trinajstić information content (AvgIpc) is 3.32. The summed E-state index contributed by atoms with van der Waals surface area (Å²) in [7, 11) is 0. The van der Waals surface area contributed by atoms with Crippen molar-refractivity contribution >= 4 is 29.9 Å². The standard InChI is InChI=1S/C21H29N5O2.HI/c1-4-22-21(23-11-15-5-8-19-20(9-15)28-13-27-19)24-17-7-6-16-12-26(14(2)3)25-18(16)10-17;/h5,8-9,12,14,17H,4,6-7,10-11,13H2,1-3H3,(H2,22,23,24);1H. The molecule has 1 aliphatic heterocycles. The molecule has 2 aromatic rings. The Hall–Kier alpha value is -1.97. The van der Waals surface area contributed by atoms with Crippen LogP contribution in [-0.4, -0.2) is 35.1 Å². The number of fused-ring (bicyclic) bond motifs is 2. The summed E-state index contributed by atoms with van der Waals surface area (Å²) in [5.41, 5.74) is 3.70. The Morgan fingerprint density at radius 2 is 2.14 bits per heavy atom. The maximum atomic E-state index is 5.46. The molecular weight excluding hydrogens is 481 g/mol. The maximum absolute atomic E-state index is 5.46. The molecule has 2 heterocycles. The third kappa shape index (κ3) is 5.15. The molecule has 0 radical (unpaired) electrons. The molecule has 0 amide bonds. The van der Waals surface area contributed by atoms with Gasteiger partial charge in [-0.3, -0.25) is 4.68 Å². The zero-order valence-electron chi connectivity index (χ0n) is 17.3. The van der Waals surface area contributed by atoms with Gasteiger partial charge in [0.15, 0.2) is 17.5 Å². The fraction of sp³-hybridized carbons (Fsp3) is 0.524. The monoisotopic (exact) mass is 511 g/mol. The minimum absolute atomic E-state index is 0. The van der Waals surface area contributed by atoms with Crippen LogP contribution in [0.25, 0.3) is 0 Å². The number of benzene rings is 1. The summed E-state index contributed by atoms with van der Waals surface area (Å²) >= 11 is 0.